The summed E-state index contributed by atoms with van der Waals surface area (Å²) in [4.78, 5) is 11.6. The number of carbonyl (C=O) groups is 1. The molecule has 0 aliphatic rings. The Morgan fingerprint density at radius 2 is 1.21 bits per heavy atom. The summed E-state index contributed by atoms with van der Waals surface area (Å²) >= 11 is 4.47. The fourth-order valence-electron chi connectivity index (χ4n) is 4.22. The van der Waals surface area contributed by atoms with E-state index in [1.54, 1.807) is 0 Å². The van der Waals surface area contributed by atoms with Crippen LogP contribution in [-0.4, -0.2) is 19.7 Å². The molecule has 0 spiro atoms. The number of ether oxygens (including phenoxy) is 2. The number of hydrogen-bond acceptors (Lipinski definition) is 3. The van der Waals surface area contributed by atoms with Crippen molar-refractivity contribution in [3.05, 3.63) is 121 Å². The second-order valence-corrected chi connectivity index (χ2v) is 16.8. The third kappa shape index (κ3) is 4.59. The third-order valence-corrected chi connectivity index (χ3v) is 15.4. The van der Waals surface area contributed by atoms with E-state index in [1.807, 2.05) is 18.2 Å². The number of rotatable bonds is 8. The molecule has 0 amide bonds. The molecule has 0 fully saturated rings. The molecule has 0 aliphatic heterocycles. The van der Waals surface area contributed by atoms with Crippen LogP contribution in [0.5, 0.6) is 5.75 Å². The molecule has 0 bridgehead atoms. The van der Waals surface area contributed by atoms with Crippen LogP contribution in [0, 0.1) is 0 Å². The molecule has 0 saturated carbocycles. The molecular weight excluding hydrogens is 495 g/mol. The molecule has 33 heavy (non-hydrogen) atoms. The van der Waals surface area contributed by atoms with Gasteiger partial charge >= 0.3 is 203 Å². The van der Waals surface area contributed by atoms with Gasteiger partial charge < -0.3 is 0 Å². The van der Waals surface area contributed by atoms with Gasteiger partial charge in [-0.05, 0) is 0 Å². The van der Waals surface area contributed by atoms with Crippen molar-refractivity contribution in [1.82, 2.24) is 0 Å². The van der Waals surface area contributed by atoms with Crippen LogP contribution in [-0.2, 0) is 15.7 Å². The van der Waals surface area contributed by atoms with Crippen LogP contribution in [0.25, 0.3) is 0 Å². The van der Waals surface area contributed by atoms with Crippen molar-refractivity contribution in [2.45, 2.75) is 6.16 Å². The first-order valence-corrected chi connectivity index (χ1v) is 15.2. The molecule has 0 N–H and O–H groups in total. The predicted molar refractivity (Wildman–Crippen MR) is 142 cm³/mol. The van der Waals surface area contributed by atoms with Crippen molar-refractivity contribution < 1.29 is 14.3 Å². The molecule has 0 unspecified atom stereocenters. The van der Waals surface area contributed by atoms with E-state index in [9.17, 15) is 4.79 Å². The Hall–Kier alpha value is -2.94. The molecular formula is C28H26BrO3P. The molecule has 0 atom stereocenters. The summed E-state index contributed by atoms with van der Waals surface area (Å²) in [5, 5.41) is 0.662. The normalized spacial score (nSPS) is 12.4. The molecule has 5 heteroatoms. The molecule has 4 aromatic rings. The molecule has 4 rings (SSSR count). The van der Waals surface area contributed by atoms with Crippen LogP contribution in [0.2, 0.25) is 0 Å². The second kappa shape index (κ2) is 9.91. The maximum atomic E-state index is 11.6. The molecule has 0 aliphatic carbocycles. The van der Waals surface area contributed by atoms with Gasteiger partial charge in [-0.1, -0.05) is 0 Å². The van der Waals surface area contributed by atoms with Gasteiger partial charge in [-0.15, -0.1) is 0 Å². The summed E-state index contributed by atoms with van der Waals surface area (Å²) in [5.41, 5.74) is 1.11. The predicted octanol–water partition coefficient (Wildman–Crippen LogP) is 5.58. The van der Waals surface area contributed by atoms with Crippen LogP contribution in [0.3, 0.4) is 0 Å². The van der Waals surface area contributed by atoms with Gasteiger partial charge in [0.25, 0.3) is 0 Å². The van der Waals surface area contributed by atoms with E-state index < -0.39 is 11.3 Å². The minimum absolute atomic E-state index is 0.117. The quantitative estimate of drug-likeness (QED) is 0.225. The van der Waals surface area contributed by atoms with Crippen LogP contribution in [0.1, 0.15) is 5.56 Å². The molecule has 168 valence electrons. The first kappa shape index (κ1) is 23.2. The van der Waals surface area contributed by atoms with Crippen LogP contribution >= 0.6 is 20.8 Å². The zero-order chi connectivity index (χ0) is 23.2. The van der Waals surface area contributed by atoms with Gasteiger partial charge in [0, 0.05) is 0 Å². The Morgan fingerprint density at radius 3 is 1.67 bits per heavy atom. The second-order valence-electron chi connectivity index (χ2n) is 7.86. The monoisotopic (exact) mass is 520 g/mol. The number of hydrogen-bond donors (Lipinski definition) is 0. The van der Waals surface area contributed by atoms with E-state index in [0.29, 0.717) is 5.75 Å². The number of benzene rings is 4. The molecule has 0 radical (unpaired) electrons. The minimum atomic E-state index is -3.09. The summed E-state index contributed by atoms with van der Waals surface area (Å²) in [6.45, 7) is -0.117. The number of carbonyl (C=O) groups excluding carboxylic acids is 1. The Balaban J connectivity index is 1.90. The Bertz CT molecular complexity index is 1110. The van der Waals surface area contributed by atoms with Gasteiger partial charge in [0.15, 0.2) is 0 Å². The summed E-state index contributed by atoms with van der Waals surface area (Å²) in [7, 11) is 1.36. The zero-order valence-corrected chi connectivity index (χ0v) is 20.9. The van der Waals surface area contributed by atoms with E-state index in [0.717, 1.165) is 11.7 Å². The van der Waals surface area contributed by atoms with Crippen molar-refractivity contribution in [1.29, 1.82) is 0 Å². The molecule has 3 nitrogen and oxygen atoms in total. The van der Waals surface area contributed by atoms with Crippen LogP contribution in [0.4, 0.5) is 0 Å². The van der Waals surface area contributed by atoms with Gasteiger partial charge in [0.05, 0.1) is 0 Å². The molecule has 0 saturated heterocycles. The van der Waals surface area contributed by atoms with Gasteiger partial charge in [-0.2, -0.15) is 0 Å². The van der Waals surface area contributed by atoms with E-state index in [1.165, 1.54) is 23.0 Å². The zero-order valence-electron chi connectivity index (χ0n) is 18.4. The number of halogens is 1. The van der Waals surface area contributed by atoms with E-state index in [-0.39, 0.29) is 6.61 Å². The van der Waals surface area contributed by atoms with Crippen molar-refractivity contribution in [3.8, 4) is 5.75 Å². The topological polar surface area (TPSA) is 35.5 Å². The number of methoxy groups -OCH3 is 1. The standard InChI is InChI=1S/C28H26BrO3P/c1-31-28(30)21-32-24-13-11-12-23(20-24)22-33(29,25-14-5-2-6-15-25,26-16-7-3-8-17-26)27-18-9-4-10-19-27/h2-20H,21-22H2,1H3. The Kier molecular flexibility index (Phi) is 6.97. The van der Waals surface area contributed by atoms with E-state index in [4.69, 9.17) is 9.47 Å². The molecule has 0 aromatic heterocycles. The third-order valence-electron chi connectivity index (χ3n) is 5.85. The average molecular weight is 521 g/mol. The first-order valence-electron chi connectivity index (χ1n) is 10.7. The summed E-state index contributed by atoms with van der Waals surface area (Å²) < 4.78 is 10.4. The maximum absolute atomic E-state index is 11.6. The Labute approximate surface area is 203 Å². The SMILES string of the molecule is COC(=O)COc1cccc(CP(Br)(c2ccccc2)(c2ccccc2)c2ccccc2)c1. The van der Waals surface area contributed by atoms with Crippen molar-refractivity contribution in [2.24, 2.45) is 0 Å². The van der Waals surface area contributed by atoms with E-state index >= 15 is 0 Å². The van der Waals surface area contributed by atoms with Gasteiger partial charge in [-0.25, -0.2) is 0 Å². The summed E-state index contributed by atoms with van der Waals surface area (Å²) in [6.07, 6.45) is 0.749. The first-order chi connectivity index (χ1) is 16.0. The van der Waals surface area contributed by atoms with Crippen molar-refractivity contribution >= 4 is 42.7 Å². The van der Waals surface area contributed by atoms with Crippen molar-refractivity contribution in [3.63, 3.8) is 0 Å². The summed E-state index contributed by atoms with van der Waals surface area (Å²) in [6, 6.07) is 40.0. The van der Waals surface area contributed by atoms with Crippen molar-refractivity contribution in [2.75, 3.05) is 13.7 Å². The fourth-order valence-corrected chi connectivity index (χ4v) is 11.9. The Morgan fingerprint density at radius 1 is 0.727 bits per heavy atom. The average Bonchev–Trinajstić information content (AvgIpc) is 2.89. The van der Waals surface area contributed by atoms with Crippen LogP contribution in [0.15, 0.2) is 115 Å². The molecule has 0 heterocycles. The number of esters is 1. The van der Waals surface area contributed by atoms with E-state index in [2.05, 4.69) is 113 Å². The van der Waals surface area contributed by atoms with Gasteiger partial charge in [-0.3, -0.25) is 0 Å². The van der Waals surface area contributed by atoms with Crippen LogP contribution < -0.4 is 20.7 Å². The van der Waals surface area contributed by atoms with Gasteiger partial charge in [0.2, 0.25) is 0 Å². The van der Waals surface area contributed by atoms with Gasteiger partial charge in [0.1, 0.15) is 0 Å². The molecule has 4 aromatic carbocycles. The fraction of sp³-hybridized carbons (Fsp3) is 0.107. The summed E-state index contributed by atoms with van der Waals surface area (Å²) in [5.74, 6) is 0.239.